The van der Waals surface area contributed by atoms with E-state index in [0.717, 1.165) is 22.7 Å². The van der Waals surface area contributed by atoms with Crippen LogP contribution in [0.4, 0.5) is 0 Å². The standard InChI is InChI=1S/C27H26ClN3O2/c1-32-24-12-11-17(13-25(24)33-2)15-29-27-30-16-18-14-22(20-8-5-6-10-23(20)28)19-7-3-4-9-21(19)26(18)31-27/h3-13,18,22H,14-16H2,1-2H3,(H,29,30). The van der Waals surface area contributed by atoms with Gasteiger partial charge in [0.05, 0.1) is 26.5 Å². The summed E-state index contributed by atoms with van der Waals surface area (Å²) >= 11 is 6.58. The fourth-order valence-corrected chi connectivity index (χ4v) is 5.02. The number of benzene rings is 3. The van der Waals surface area contributed by atoms with Crippen molar-refractivity contribution in [2.24, 2.45) is 15.9 Å². The van der Waals surface area contributed by atoms with E-state index < -0.39 is 0 Å². The second-order valence-electron chi connectivity index (χ2n) is 8.30. The monoisotopic (exact) mass is 459 g/mol. The minimum Gasteiger partial charge on any atom is -0.493 e. The lowest BCUT2D eigenvalue weighted by Crippen LogP contribution is -2.35. The van der Waals surface area contributed by atoms with E-state index in [9.17, 15) is 0 Å². The van der Waals surface area contributed by atoms with Crippen LogP contribution in [0.1, 0.15) is 34.6 Å². The summed E-state index contributed by atoms with van der Waals surface area (Å²) in [5, 5.41) is 4.20. The van der Waals surface area contributed by atoms with Crippen molar-refractivity contribution >= 4 is 23.3 Å². The molecule has 0 saturated carbocycles. The van der Waals surface area contributed by atoms with E-state index in [1.54, 1.807) is 14.2 Å². The van der Waals surface area contributed by atoms with Gasteiger partial charge in [0.25, 0.3) is 0 Å². The Morgan fingerprint density at radius 2 is 1.70 bits per heavy atom. The van der Waals surface area contributed by atoms with Gasteiger partial charge in [0.2, 0.25) is 5.96 Å². The van der Waals surface area contributed by atoms with Gasteiger partial charge in [-0.25, -0.2) is 4.99 Å². The van der Waals surface area contributed by atoms with E-state index in [0.29, 0.717) is 30.5 Å². The maximum absolute atomic E-state index is 6.58. The van der Waals surface area contributed by atoms with Crippen LogP contribution in [0, 0.1) is 5.92 Å². The first-order valence-corrected chi connectivity index (χ1v) is 11.5. The van der Waals surface area contributed by atoms with Crippen molar-refractivity contribution in [3.8, 4) is 11.5 Å². The molecule has 0 spiro atoms. The Morgan fingerprint density at radius 3 is 2.48 bits per heavy atom. The van der Waals surface area contributed by atoms with E-state index in [1.165, 1.54) is 16.7 Å². The number of halogens is 1. The summed E-state index contributed by atoms with van der Waals surface area (Å²) in [5.41, 5.74) is 5.83. The van der Waals surface area contributed by atoms with E-state index in [-0.39, 0.29) is 11.8 Å². The topological polar surface area (TPSA) is 55.2 Å². The first-order chi connectivity index (χ1) is 16.2. The Morgan fingerprint density at radius 1 is 0.939 bits per heavy atom. The molecule has 0 saturated heterocycles. The van der Waals surface area contributed by atoms with E-state index in [4.69, 9.17) is 31.1 Å². The van der Waals surface area contributed by atoms with Gasteiger partial charge >= 0.3 is 0 Å². The molecule has 3 aromatic carbocycles. The second-order valence-corrected chi connectivity index (χ2v) is 8.71. The lowest BCUT2D eigenvalue weighted by atomic mass is 9.72. The lowest BCUT2D eigenvalue weighted by Gasteiger charge is -2.34. The molecule has 2 atom stereocenters. The highest BCUT2D eigenvalue weighted by molar-refractivity contribution is 6.31. The van der Waals surface area contributed by atoms with Gasteiger partial charge in [0.15, 0.2) is 11.5 Å². The summed E-state index contributed by atoms with van der Waals surface area (Å²) in [6.45, 7) is 1.31. The van der Waals surface area contributed by atoms with E-state index in [2.05, 4.69) is 41.7 Å². The zero-order valence-electron chi connectivity index (χ0n) is 18.7. The molecule has 0 amide bonds. The van der Waals surface area contributed by atoms with Crippen molar-refractivity contribution < 1.29 is 9.47 Å². The first kappa shape index (κ1) is 21.5. The molecule has 1 aliphatic carbocycles. The quantitative estimate of drug-likeness (QED) is 0.551. The first-order valence-electron chi connectivity index (χ1n) is 11.1. The fourth-order valence-electron chi connectivity index (χ4n) is 4.76. The number of methoxy groups -OCH3 is 2. The Balaban J connectivity index is 1.40. The number of guanidine groups is 1. The molecule has 1 N–H and O–H groups in total. The third-order valence-electron chi connectivity index (χ3n) is 6.39. The molecular formula is C27H26ClN3O2. The average Bonchev–Trinajstić information content (AvgIpc) is 2.87. The van der Waals surface area contributed by atoms with Crippen molar-refractivity contribution in [1.82, 2.24) is 5.32 Å². The number of nitrogens with zero attached hydrogens (tertiary/aromatic N) is 2. The molecule has 3 aromatic rings. The predicted octanol–water partition coefficient (Wildman–Crippen LogP) is 5.46. The Labute approximate surface area is 199 Å². The summed E-state index contributed by atoms with van der Waals surface area (Å²) in [6, 6.07) is 22.6. The zero-order chi connectivity index (χ0) is 22.8. The molecule has 2 unspecified atom stereocenters. The van der Waals surface area contributed by atoms with Crippen LogP contribution in [-0.2, 0) is 6.54 Å². The number of hydrogen-bond donors (Lipinski definition) is 1. The maximum Gasteiger partial charge on any atom is 0.218 e. The van der Waals surface area contributed by atoms with Gasteiger partial charge in [0.1, 0.15) is 0 Å². The van der Waals surface area contributed by atoms with Crippen LogP contribution < -0.4 is 14.8 Å². The highest BCUT2D eigenvalue weighted by atomic mass is 35.5. The minimum atomic E-state index is 0.246. The fraction of sp³-hybridized carbons (Fsp3) is 0.259. The van der Waals surface area contributed by atoms with Crippen LogP contribution in [0.25, 0.3) is 0 Å². The molecule has 2 aliphatic rings. The van der Waals surface area contributed by atoms with Gasteiger partial charge < -0.3 is 14.8 Å². The number of rotatable bonds is 5. The lowest BCUT2D eigenvalue weighted by molar-refractivity contribution is 0.354. The van der Waals surface area contributed by atoms with Crippen LogP contribution in [0.2, 0.25) is 5.02 Å². The van der Waals surface area contributed by atoms with E-state index >= 15 is 0 Å². The van der Waals surface area contributed by atoms with E-state index in [1.807, 2.05) is 30.3 Å². The summed E-state index contributed by atoms with van der Waals surface area (Å²) < 4.78 is 10.7. The molecular weight excluding hydrogens is 434 g/mol. The smallest absolute Gasteiger partial charge is 0.218 e. The third-order valence-corrected chi connectivity index (χ3v) is 6.73. The molecule has 1 aliphatic heterocycles. The largest absolute Gasteiger partial charge is 0.493 e. The molecule has 6 heteroatoms. The molecule has 0 fully saturated rings. The summed E-state index contributed by atoms with van der Waals surface area (Å²) in [7, 11) is 3.28. The Bertz CT molecular complexity index is 1240. The third kappa shape index (κ3) is 4.21. The molecule has 1 heterocycles. The molecule has 168 valence electrons. The second kappa shape index (κ2) is 9.28. The van der Waals surface area contributed by atoms with Gasteiger partial charge in [0, 0.05) is 29.0 Å². The number of hydrogen-bond acceptors (Lipinski definition) is 5. The molecule has 0 bridgehead atoms. The molecule has 0 aromatic heterocycles. The highest BCUT2D eigenvalue weighted by Gasteiger charge is 2.35. The van der Waals surface area contributed by atoms with Gasteiger partial charge in [-0.15, -0.1) is 0 Å². The summed E-state index contributed by atoms with van der Waals surface area (Å²) in [6.07, 6.45) is 0.950. The summed E-state index contributed by atoms with van der Waals surface area (Å²) in [5.74, 6) is 2.61. The van der Waals surface area contributed by atoms with Crippen LogP contribution in [-0.4, -0.2) is 32.4 Å². The Kier molecular flexibility index (Phi) is 6.05. The van der Waals surface area contributed by atoms with Crippen molar-refractivity contribution in [1.29, 1.82) is 0 Å². The summed E-state index contributed by atoms with van der Waals surface area (Å²) in [4.78, 5) is 9.71. The molecule has 5 rings (SSSR count). The van der Waals surface area contributed by atoms with Crippen molar-refractivity contribution in [3.05, 3.63) is 94.0 Å². The van der Waals surface area contributed by atoms with Gasteiger partial charge in [-0.3, -0.25) is 4.99 Å². The van der Waals surface area contributed by atoms with Crippen molar-refractivity contribution in [3.63, 3.8) is 0 Å². The Hall–Kier alpha value is -3.31. The average molecular weight is 460 g/mol. The normalized spacial score (nSPS) is 19.0. The zero-order valence-corrected chi connectivity index (χ0v) is 19.5. The van der Waals surface area contributed by atoms with Crippen LogP contribution in [0.15, 0.2) is 76.7 Å². The number of aliphatic imine (C=N–C) groups is 2. The van der Waals surface area contributed by atoms with Crippen LogP contribution >= 0.6 is 11.6 Å². The number of fused-ring (bicyclic) bond motifs is 3. The minimum absolute atomic E-state index is 0.246. The molecule has 5 nitrogen and oxygen atoms in total. The number of ether oxygens (including phenoxy) is 2. The molecule has 33 heavy (non-hydrogen) atoms. The van der Waals surface area contributed by atoms with Crippen LogP contribution in [0.3, 0.4) is 0 Å². The van der Waals surface area contributed by atoms with Crippen LogP contribution in [0.5, 0.6) is 11.5 Å². The maximum atomic E-state index is 6.58. The van der Waals surface area contributed by atoms with Crippen molar-refractivity contribution in [2.45, 2.75) is 18.9 Å². The van der Waals surface area contributed by atoms with Gasteiger partial charge in [-0.2, -0.15) is 0 Å². The highest BCUT2D eigenvalue weighted by Crippen LogP contribution is 2.42. The SMILES string of the molecule is COc1ccc(CNC2=NCC3CC(c4ccccc4Cl)c4ccccc4C3=N2)cc1OC. The van der Waals surface area contributed by atoms with Gasteiger partial charge in [-0.1, -0.05) is 60.1 Å². The molecule has 0 radical (unpaired) electrons. The predicted molar refractivity (Wildman–Crippen MR) is 133 cm³/mol. The number of nitrogens with one attached hydrogen (secondary N) is 1. The van der Waals surface area contributed by atoms with Gasteiger partial charge in [-0.05, 0) is 41.3 Å². The van der Waals surface area contributed by atoms with Crippen molar-refractivity contribution in [2.75, 3.05) is 20.8 Å².